The molecule has 0 bridgehead atoms. The van der Waals surface area contributed by atoms with Crippen molar-refractivity contribution in [1.82, 2.24) is 28.7 Å². The van der Waals surface area contributed by atoms with E-state index in [9.17, 15) is 0 Å². The van der Waals surface area contributed by atoms with Gasteiger partial charge in [0.05, 0.1) is 43.9 Å². The molecule has 0 spiro atoms. The maximum atomic E-state index is 5.41. The van der Waals surface area contributed by atoms with Crippen LogP contribution in [0.15, 0.2) is 56.2 Å². The lowest BCUT2D eigenvalue weighted by atomic mass is 10.1. The van der Waals surface area contributed by atoms with Gasteiger partial charge in [0.15, 0.2) is 0 Å². The van der Waals surface area contributed by atoms with Crippen LogP contribution in [-0.4, -0.2) is 66.8 Å². The number of aromatic nitrogens is 6. The number of nitrogens with zero attached hydrogens (tertiary/aromatic N) is 6. The van der Waals surface area contributed by atoms with Crippen molar-refractivity contribution in [3.8, 4) is 0 Å². The second kappa shape index (κ2) is 35.3. The maximum Gasteiger partial charge on any atom is 0.0946 e. The first-order valence-corrected chi connectivity index (χ1v) is 19.1. The summed E-state index contributed by atoms with van der Waals surface area (Å²) in [6, 6.07) is 0. The molecule has 9 heteroatoms. The van der Waals surface area contributed by atoms with Crippen molar-refractivity contribution in [1.29, 1.82) is 0 Å². The van der Waals surface area contributed by atoms with Gasteiger partial charge in [0, 0.05) is 70.0 Å². The molecule has 286 valence electrons. The van der Waals surface area contributed by atoms with Crippen LogP contribution in [0.25, 0.3) is 0 Å². The lowest BCUT2D eigenvalue weighted by molar-refractivity contribution is 0.0727. The van der Waals surface area contributed by atoms with E-state index >= 15 is 0 Å². The van der Waals surface area contributed by atoms with Crippen LogP contribution in [0.4, 0.5) is 0 Å². The highest BCUT2D eigenvalue weighted by Gasteiger charge is 1.96. The molecule has 3 rings (SSSR count). The minimum absolute atomic E-state index is 0.318. The molecule has 0 aromatic carbocycles. The molecule has 3 aromatic rings. The van der Waals surface area contributed by atoms with Gasteiger partial charge in [0.2, 0.25) is 0 Å². The summed E-state index contributed by atoms with van der Waals surface area (Å²) < 4.78 is 22.3. The Morgan fingerprint density at radius 1 is 0.449 bits per heavy atom. The molecule has 3 aromatic heterocycles. The Morgan fingerprint density at radius 2 is 0.857 bits per heavy atom. The SMILES string of the molecule is CC(C)CCCn1ccnc1.CC(C)OCCCn1ccnc1.CC(C)OCCn1ccnc1.CCCC(C)C.CCCCCOC(C)C. The fourth-order valence-corrected chi connectivity index (χ4v) is 4.15. The number of unbranched alkanes of at least 4 members (excludes halogenated alkanes) is 2. The molecular weight excluding hydrogens is 612 g/mol. The number of hydrogen-bond acceptors (Lipinski definition) is 6. The lowest BCUT2D eigenvalue weighted by Gasteiger charge is -2.06. The zero-order chi connectivity index (χ0) is 37.1. The van der Waals surface area contributed by atoms with Crippen LogP contribution < -0.4 is 0 Å². The van der Waals surface area contributed by atoms with E-state index in [4.69, 9.17) is 14.2 Å². The van der Waals surface area contributed by atoms with E-state index in [1.165, 1.54) is 44.9 Å². The van der Waals surface area contributed by atoms with Gasteiger partial charge in [0.1, 0.15) is 0 Å². The van der Waals surface area contributed by atoms with Crippen molar-refractivity contribution < 1.29 is 14.2 Å². The molecule has 0 fully saturated rings. The molecule has 0 aliphatic heterocycles. The van der Waals surface area contributed by atoms with E-state index in [-0.39, 0.29) is 0 Å². The molecule has 0 amide bonds. The second-order valence-electron chi connectivity index (χ2n) is 13.9. The molecule has 0 unspecified atom stereocenters. The summed E-state index contributed by atoms with van der Waals surface area (Å²) >= 11 is 0. The monoisotopic (exact) mass is 691 g/mol. The van der Waals surface area contributed by atoms with Crippen molar-refractivity contribution in [2.75, 3.05) is 19.8 Å². The lowest BCUT2D eigenvalue weighted by Crippen LogP contribution is -2.09. The highest BCUT2D eigenvalue weighted by molar-refractivity contribution is 4.75. The quantitative estimate of drug-likeness (QED) is 0.110. The van der Waals surface area contributed by atoms with Crippen molar-refractivity contribution in [3.63, 3.8) is 0 Å². The van der Waals surface area contributed by atoms with Gasteiger partial charge >= 0.3 is 0 Å². The van der Waals surface area contributed by atoms with Gasteiger partial charge in [-0.25, -0.2) is 15.0 Å². The Labute approximate surface area is 302 Å². The molecule has 0 atom stereocenters. The number of ether oxygens (including phenoxy) is 3. The maximum absolute atomic E-state index is 5.41. The summed E-state index contributed by atoms with van der Waals surface area (Å²) in [6.45, 7) is 31.3. The Hall–Kier alpha value is -2.49. The predicted octanol–water partition coefficient (Wildman–Crippen LogP) is 10.4. The van der Waals surface area contributed by atoms with E-state index in [0.29, 0.717) is 18.3 Å². The van der Waals surface area contributed by atoms with Gasteiger partial charge in [-0.2, -0.15) is 0 Å². The Morgan fingerprint density at radius 3 is 1.20 bits per heavy atom. The normalized spacial score (nSPS) is 10.7. The van der Waals surface area contributed by atoms with E-state index in [2.05, 4.69) is 93.3 Å². The number of imidazole rings is 3. The summed E-state index contributed by atoms with van der Waals surface area (Å²) in [7, 11) is 0. The average Bonchev–Trinajstić information content (AvgIpc) is 3.84. The van der Waals surface area contributed by atoms with Crippen LogP contribution in [0.5, 0.6) is 0 Å². The third-order valence-electron chi connectivity index (χ3n) is 6.75. The first-order chi connectivity index (χ1) is 23.4. The molecule has 0 aliphatic carbocycles. The fourth-order valence-electron chi connectivity index (χ4n) is 4.15. The molecule has 3 heterocycles. The molecular formula is C40H78N6O3. The Bertz CT molecular complexity index is 928. The Balaban J connectivity index is 0. The third kappa shape index (κ3) is 39.8. The first-order valence-electron chi connectivity index (χ1n) is 19.1. The largest absolute Gasteiger partial charge is 0.379 e. The van der Waals surface area contributed by atoms with Crippen molar-refractivity contribution in [2.24, 2.45) is 11.8 Å². The average molecular weight is 691 g/mol. The highest BCUT2D eigenvalue weighted by atomic mass is 16.5. The van der Waals surface area contributed by atoms with Crippen molar-refractivity contribution >= 4 is 0 Å². The molecule has 0 N–H and O–H groups in total. The molecule has 49 heavy (non-hydrogen) atoms. The van der Waals surface area contributed by atoms with E-state index in [1.54, 1.807) is 18.7 Å². The summed E-state index contributed by atoms with van der Waals surface area (Å²) in [6.07, 6.45) is 28.0. The van der Waals surface area contributed by atoms with Crippen LogP contribution in [-0.2, 0) is 33.8 Å². The topological polar surface area (TPSA) is 81.2 Å². The standard InChI is InChI=1S/C9H16N2O.C9H16N2.C8H14N2O.C8H18O.C6H14/c1-9(2)12-7-3-5-11-6-4-10-8-11;1-9(2)4-3-6-11-7-5-10-8-11;1-8(2)11-6-5-10-4-3-9-7-10;1-4-5-6-7-9-8(2)3;1-4-5-6(2)3/h4,6,8-9H,3,5,7H2,1-2H3;5,7-9H,3-4,6H2,1-2H3;3-4,7-8H,5-6H2,1-2H3;8H,4-7H2,1-3H3;6H,4-5H2,1-3H3. The van der Waals surface area contributed by atoms with Crippen LogP contribution in [0.2, 0.25) is 0 Å². The summed E-state index contributed by atoms with van der Waals surface area (Å²) in [4.78, 5) is 11.9. The van der Waals surface area contributed by atoms with E-state index < -0.39 is 0 Å². The van der Waals surface area contributed by atoms with Gasteiger partial charge in [-0.05, 0) is 79.1 Å². The van der Waals surface area contributed by atoms with E-state index in [0.717, 1.165) is 57.7 Å². The summed E-state index contributed by atoms with van der Waals surface area (Å²) in [5.41, 5.74) is 0. The minimum Gasteiger partial charge on any atom is -0.379 e. The van der Waals surface area contributed by atoms with E-state index in [1.807, 2.05) is 55.9 Å². The summed E-state index contributed by atoms with van der Waals surface area (Å²) in [5.74, 6) is 1.72. The van der Waals surface area contributed by atoms with Crippen LogP contribution in [0.3, 0.4) is 0 Å². The molecule has 0 radical (unpaired) electrons. The van der Waals surface area contributed by atoms with Crippen molar-refractivity contribution in [3.05, 3.63) is 56.2 Å². The molecule has 0 saturated heterocycles. The van der Waals surface area contributed by atoms with Gasteiger partial charge in [-0.1, -0.05) is 67.2 Å². The van der Waals surface area contributed by atoms with Crippen LogP contribution in [0, 0.1) is 11.8 Å². The Kier molecular flexibility index (Phi) is 35.1. The molecule has 0 aliphatic rings. The minimum atomic E-state index is 0.318. The first kappa shape index (κ1) is 48.6. The van der Waals surface area contributed by atoms with Crippen molar-refractivity contribution in [2.45, 2.75) is 172 Å². The van der Waals surface area contributed by atoms with Gasteiger partial charge in [-0.3, -0.25) is 0 Å². The van der Waals surface area contributed by atoms with Gasteiger partial charge in [-0.15, -0.1) is 0 Å². The fraction of sp³-hybridized carbons (Fsp3) is 0.775. The summed E-state index contributed by atoms with van der Waals surface area (Å²) in [5, 5.41) is 0. The number of hydrogen-bond donors (Lipinski definition) is 0. The zero-order valence-electron chi connectivity index (χ0n) is 33.9. The molecule has 9 nitrogen and oxygen atoms in total. The predicted molar refractivity (Wildman–Crippen MR) is 208 cm³/mol. The number of aryl methyl sites for hydroxylation is 2. The van der Waals surface area contributed by atoms with Gasteiger partial charge < -0.3 is 27.9 Å². The second-order valence-corrected chi connectivity index (χ2v) is 13.9. The molecule has 0 saturated carbocycles. The third-order valence-corrected chi connectivity index (χ3v) is 6.75. The zero-order valence-corrected chi connectivity index (χ0v) is 33.9. The van der Waals surface area contributed by atoms with Gasteiger partial charge in [0.25, 0.3) is 0 Å². The van der Waals surface area contributed by atoms with Crippen LogP contribution >= 0.6 is 0 Å². The highest BCUT2D eigenvalue weighted by Crippen LogP contribution is 2.04. The number of rotatable bonds is 20. The van der Waals surface area contributed by atoms with Crippen LogP contribution in [0.1, 0.15) is 134 Å². The smallest absolute Gasteiger partial charge is 0.0946 e.